The Kier molecular flexibility index (Phi) is 15.6. The molecule has 0 amide bonds. The van der Waals surface area contributed by atoms with E-state index in [0.29, 0.717) is 6.54 Å². The molecule has 5 N–H and O–H groups in total. The highest BCUT2D eigenvalue weighted by Crippen LogP contribution is 2.10. The summed E-state index contributed by atoms with van der Waals surface area (Å²) in [5, 5.41) is 39.8. The minimum absolute atomic E-state index is 0.0478. The van der Waals surface area contributed by atoms with E-state index >= 15 is 0 Å². The van der Waals surface area contributed by atoms with Gasteiger partial charge < -0.3 is 25.7 Å². The lowest BCUT2D eigenvalue weighted by molar-refractivity contribution is -0.139. The number of Topliss-reactive ketones (excluding diaryl/α,β-unsaturated/α-hetero) is 1. The van der Waals surface area contributed by atoms with Crippen LogP contribution in [-0.4, -0.2) is 64.2 Å². The summed E-state index contributed by atoms with van der Waals surface area (Å²) in [5.74, 6) is -0.581. The average molecular weight is 347 g/mol. The van der Waals surface area contributed by atoms with E-state index in [1.165, 1.54) is 51.4 Å². The molecule has 0 heterocycles. The third kappa shape index (κ3) is 11.9. The highest BCUT2D eigenvalue weighted by molar-refractivity contribution is 5.85. The molecule has 0 unspecified atom stereocenters. The summed E-state index contributed by atoms with van der Waals surface area (Å²) in [5.41, 5.74) is 0. The number of carbonyl (C=O) groups excluding carboxylic acids is 1. The third-order valence-electron chi connectivity index (χ3n) is 4.24. The van der Waals surface area contributed by atoms with Crippen molar-refractivity contribution in [3.63, 3.8) is 0 Å². The van der Waals surface area contributed by atoms with Crippen LogP contribution in [0.2, 0.25) is 0 Å². The van der Waals surface area contributed by atoms with Crippen molar-refractivity contribution in [1.82, 2.24) is 5.32 Å². The smallest absolute Gasteiger partial charge is 0.177 e. The fourth-order valence-electron chi connectivity index (χ4n) is 2.56. The minimum atomic E-state index is -1.67. The van der Waals surface area contributed by atoms with Crippen LogP contribution in [0.3, 0.4) is 0 Å². The molecule has 0 rings (SSSR count). The van der Waals surface area contributed by atoms with Crippen LogP contribution >= 0.6 is 0 Å². The van der Waals surface area contributed by atoms with E-state index in [9.17, 15) is 20.1 Å². The molecule has 0 aliphatic carbocycles. The first-order chi connectivity index (χ1) is 11.5. The highest BCUT2D eigenvalue weighted by atomic mass is 16.4. The van der Waals surface area contributed by atoms with Gasteiger partial charge in [-0.1, -0.05) is 64.7 Å². The summed E-state index contributed by atoms with van der Waals surface area (Å²) in [7, 11) is 0. The molecule has 6 nitrogen and oxygen atoms in total. The maximum Gasteiger partial charge on any atom is 0.177 e. The molecule has 0 radical (unpaired) electrons. The predicted octanol–water partition coefficient (Wildman–Crippen LogP) is 1.14. The van der Waals surface area contributed by atoms with E-state index < -0.39 is 30.7 Å². The zero-order valence-electron chi connectivity index (χ0n) is 15.1. The van der Waals surface area contributed by atoms with Crippen molar-refractivity contribution in [3.05, 3.63) is 0 Å². The van der Waals surface area contributed by atoms with Gasteiger partial charge in [-0.2, -0.15) is 0 Å². The van der Waals surface area contributed by atoms with Gasteiger partial charge >= 0.3 is 0 Å². The molecule has 144 valence electrons. The molecule has 0 spiro atoms. The zero-order valence-corrected chi connectivity index (χ0v) is 15.1. The standard InChI is InChI=1S/C18H37NO5/c1-2-3-4-5-6-7-8-9-10-11-12-19-13-15(21)17(23)18(24)16(22)14-20/h16-20,22-24H,2-14H2,1H3/t16-,17-,18-/m1/s1. The third-order valence-corrected chi connectivity index (χ3v) is 4.24. The fraction of sp³-hybridized carbons (Fsp3) is 0.944. The highest BCUT2D eigenvalue weighted by Gasteiger charge is 2.29. The Bertz CT molecular complexity index is 301. The molecule has 6 heteroatoms. The Morgan fingerprint density at radius 2 is 1.38 bits per heavy atom. The first kappa shape index (κ1) is 23.5. The lowest BCUT2D eigenvalue weighted by Gasteiger charge is -2.20. The fourth-order valence-corrected chi connectivity index (χ4v) is 2.56. The van der Waals surface area contributed by atoms with Crippen molar-refractivity contribution >= 4 is 5.78 Å². The first-order valence-electron chi connectivity index (χ1n) is 9.43. The Hall–Kier alpha value is -0.530. The number of aliphatic hydroxyl groups excluding tert-OH is 4. The second-order valence-electron chi connectivity index (χ2n) is 6.51. The van der Waals surface area contributed by atoms with Gasteiger partial charge in [0.05, 0.1) is 13.2 Å². The summed E-state index contributed by atoms with van der Waals surface area (Å²) in [4.78, 5) is 11.6. The maximum absolute atomic E-state index is 11.6. The molecule has 3 atom stereocenters. The molecular weight excluding hydrogens is 310 g/mol. The molecular formula is C18H37NO5. The van der Waals surface area contributed by atoms with E-state index in [1.54, 1.807) is 0 Å². The molecule has 24 heavy (non-hydrogen) atoms. The molecule has 0 fully saturated rings. The zero-order chi connectivity index (χ0) is 18.2. The van der Waals surface area contributed by atoms with Crippen LogP contribution in [0.25, 0.3) is 0 Å². The first-order valence-corrected chi connectivity index (χ1v) is 9.43. The molecule has 0 aliphatic rings. The van der Waals surface area contributed by atoms with Gasteiger partial charge in [-0.15, -0.1) is 0 Å². The van der Waals surface area contributed by atoms with E-state index in [1.807, 2.05) is 0 Å². The Morgan fingerprint density at radius 1 is 0.875 bits per heavy atom. The van der Waals surface area contributed by atoms with Crippen molar-refractivity contribution in [2.24, 2.45) is 0 Å². The van der Waals surface area contributed by atoms with Crippen molar-refractivity contribution in [3.8, 4) is 0 Å². The lowest BCUT2D eigenvalue weighted by Crippen LogP contribution is -2.46. The number of ketones is 1. The van der Waals surface area contributed by atoms with Crippen LogP contribution in [0.5, 0.6) is 0 Å². The number of nitrogens with one attached hydrogen (secondary N) is 1. The van der Waals surface area contributed by atoms with Crippen LogP contribution < -0.4 is 5.32 Å². The summed E-state index contributed by atoms with van der Waals surface area (Å²) in [6, 6.07) is 0. The Morgan fingerprint density at radius 3 is 1.88 bits per heavy atom. The van der Waals surface area contributed by atoms with E-state index in [2.05, 4.69) is 12.2 Å². The van der Waals surface area contributed by atoms with Crippen LogP contribution in [0, 0.1) is 0 Å². The van der Waals surface area contributed by atoms with Gasteiger partial charge in [0.15, 0.2) is 5.78 Å². The molecule has 0 saturated carbocycles. The van der Waals surface area contributed by atoms with Gasteiger partial charge in [0.1, 0.15) is 18.3 Å². The number of carbonyl (C=O) groups is 1. The number of unbranched alkanes of at least 4 members (excludes halogenated alkanes) is 9. The average Bonchev–Trinajstić information content (AvgIpc) is 2.60. The number of aliphatic hydroxyl groups is 4. The molecule has 0 aromatic carbocycles. The summed E-state index contributed by atoms with van der Waals surface area (Å²) >= 11 is 0. The van der Waals surface area contributed by atoms with E-state index in [-0.39, 0.29) is 6.54 Å². The molecule has 0 bridgehead atoms. The van der Waals surface area contributed by atoms with Gasteiger partial charge in [0, 0.05) is 0 Å². The quantitative estimate of drug-likeness (QED) is 0.252. The molecule has 0 aromatic heterocycles. The van der Waals surface area contributed by atoms with Crippen molar-refractivity contribution in [2.45, 2.75) is 89.4 Å². The minimum Gasteiger partial charge on any atom is -0.394 e. The SMILES string of the molecule is CCCCCCCCCCCCNCC(=O)[C@@H](O)[C@H](O)[C@H](O)CO. The summed E-state index contributed by atoms with van der Waals surface area (Å²) < 4.78 is 0. The normalized spacial score (nSPS) is 15.2. The van der Waals surface area contributed by atoms with Gasteiger partial charge in [-0.05, 0) is 13.0 Å². The number of rotatable bonds is 17. The maximum atomic E-state index is 11.6. The Balaban J connectivity index is 3.45. The van der Waals surface area contributed by atoms with Crippen molar-refractivity contribution in [2.75, 3.05) is 19.7 Å². The largest absolute Gasteiger partial charge is 0.394 e. The van der Waals surface area contributed by atoms with Crippen molar-refractivity contribution in [1.29, 1.82) is 0 Å². The van der Waals surface area contributed by atoms with Gasteiger partial charge in [0.25, 0.3) is 0 Å². The van der Waals surface area contributed by atoms with E-state index in [4.69, 9.17) is 5.11 Å². The number of hydrogen-bond donors (Lipinski definition) is 5. The lowest BCUT2D eigenvalue weighted by atomic mass is 10.0. The van der Waals surface area contributed by atoms with Crippen LogP contribution in [-0.2, 0) is 4.79 Å². The Labute approximate surface area is 146 Å². The number of hydrogen-bond acceptors (Lipinski definition) is 6. The molecule has 0 aliphatic heterocycles. The van der Waals surface area contributed by atoms with Crippen LogP contribution in [0.15, 0.2) is 0 Å². The summed E-state index contributed by atoms with van der Waals surface area (Å²) in [6.07, 6.45) is 7.66. The van der Waals surface area contributed by atoms with Crippen molar-refractivity contribution < 1.29 is 25.2 Å². The van der Waals surface area contributed by atoms with E-state index in [0.717, 1.165) is 12.8 Å². The van der Waals surface area contributed by atoms with Gasteiger partial charge in [0.2, 0.25) is 0 Å². The van der Waals surface area contributed by atoms with Gasteiger partial charge in [-0.3, -0.25) is 4.79 Å². The summed E-state index contributed by atoms with van der Waals surface area (Å²) in [6.45, 7) is 2.17. The van der Waals surface area contributed by atoms with Crippen LogP contribution in [0.4, 0.5) is 0 Å². The van der Waals surface area contributed by atoms with Crippen LogP contribution in [0.1, 0.15) is 71.1 Å². The predicted molar refractivity (Wildman–Crippen MR) is 94.8 cm³/mol. The molecule has 0 aromatic rings. The van der Waals surface area contributed by atoms with Gasteiger partial charge in [-0.25, -0.2) is 0 Å². The second kappa shape index (κ2) is 16.0. The molecule has 0 saturated heterocycles. The second-order valence-corrected chi connectivity index (χ2v) is 6.51. The topological polar surface area (TPSA) is 110 Å². The monoisotopic (exact) mass is 347 g/mol.